The summed E-state index contributed by atoms with van der Waals surface area (Å²) < 4.78 is 21.5. The lowest BCUT2D eigenvalue weighted by molar-refractivity contribution is 0.0947. The standard InChI is InChI=1S/C22H23NO5/c1-25-18-12-21(28-4)20(27-3)11-16(18)13-23-22(24)17-9-14-7-5-6-8-15(14)10-19(17)26-2/h5-12H,13H2,1-4H3,(H,23,24). The molecule has 0 saturated carbocycles. The predicted molar refractivity (Wildman–Crippen MR) is 108 cm³/mol. The van der Waals surface area contributed by atoms with Gasteiger partial charge in [-0.05, 0) is 29.0 Å². The lowest BCUT2D eigenvalue weighted by Crippen LogP contribution is -2.23. The number of carbonyl (C=O) groups excluding carboxylic acids is 1. The average molecular weight is 381 g/mol. The number of methoxy groups -OCH3 is 4. The fourth-order valence-electron chi connectivity index (χ4n) is 3.07. The molecule has 0 bridgehead atoms. The number of hydrogen-bond donors (Lipinski definition) is 1. The first kappa shape index (κ1) is 19.4. The summed E-state index contributed by atoms with van der Waals surface area (Å²) in [5, 5.41) is 4.90. The summed E-state index contributed by atoms with van der Waals surface area (Å²) in [6.07, 6.45) is 0. The van der Waals surface area contributed by atoms with Crippen molar-refractivity contribution in [3.05, 3.63) is 59.7 Å². The molecule has 3 rings (SSSR count). The molecule has 0 aliphatic rings. The van der Waals surface area contributed by atoms with Crippen LogP contribution in [0.15, 0.2) is 48.5 Å². The minimum atomic E-state index is -0.237. The van der Waals surface area contributed by atoms with Gasteiger partial charge in [0, 0.05) is 18.2 Å². The second-order valence-corrected chi connectivity index (χ2v) is 6.10. The number of carbonyl (C=O) groups is 1. The van der Waals surface area contributed by atoms with Crippen LogP contribution in [0.3, 0.4) is 0 Å². The molecule has 0 atom stereocenters. The lowest BCUT2D eigenvalue weighted by atomic mass is 10.1. The van der Waals surface area contributed by atoms with Crippen molar-refractivity contribution >= 4 is 16.7 Å². The Morgan fingerprint density at radius 3 is 1.93 bits per heavy atom. The zero-order valence-electron chi connectivity index (χ0n) is 16.4. The van der Waals surface area contributed by atoms with Crippen molar-refractivity contribution < 1.29 is 23.7 Å². The number of ether oxygens (including phenoxy) is 4. The molecule has 1 N–H and O–H groups in total. The minimum Gasteiger partial charge on any atom is -0.496 e. The number of nitrogens with one attached hydrogen (secondary N) is 1. The highest BCUT2D eigenvalue weighted by Gasteiger charge is 2.16. The topological polar surface area (TPSA) is 66.0 Å². The molecule has 0 heterocycles. The van der Waals surface area contributed by atoms with Crippen molar-refractivity contribution in [1.29, 1.82) is 0 Å². The van der Waals surface area contributed by atoms with Gasteiger partial charge in [-0.25, -0.2) is 0 Å². The molecule has 3 aromatic rings. The normalized spacial score (nSPS) is 10.4. The fraction of sp³-hybridized carbons (Fsp3) is 0.227. The first-order chi connectivity index (χ1) is 13.6. The molecule has 3 aromatic carbocycles. The van der Waals surface area contributed by atoms with Crippen LogP contribution in [0, 0.1) is 0 Å². The summed E-state index contributed by atoms with van der Waals surface area (Å²) in [4.78, 5) is 12.8. The molecule has 1 amide bonds. The van der Waals surface area contributed by atoms with Gasteiger partial charge >= 0.3 is 0 Å². The third-order valence-corrected chi connectivity index (χ3v) is 4.54. The van der Waals surface area contributed by atoms with E-state index in [2.05, 4.69) is 5.32 Å². The third kappa shape index (κ3) is 3.81. The quantitative estimate of drug-likeness (QED) is 0.674. The second-order valence-electron chi connectivity index (χ2n) is 6.10. The van der Waals surface area contributed by atoms with Crippen LogP contribution in [0.2, 0.25) is 0 Å². The highest BCUT2D eigenvalue weighted by molar-refractivity contribution is 6.01. The Morgan fingerprint density at radius 2 is 1.32 bits per heavy atom. The Morgan fingerprint density at radius 1 is 0.750 bits per heavy atom. The van der Waals surface area contributed by atoms with Crippen molar-refractivity contribution in [2.45, 2.75) is 6.54 Å². The molecule has 0 spiro atoms. The molecule has 0 saturated heterocycles. The second kappa shape index (κ2) is 8.52. The van der Waals surface area contributed by atoms with Gasteiger partial charge in [-0.2, -0.15) is 0 Å². The fourth-order valence-corrected chi connectivity index (χ4v) is 3.07. The van der Waals surface area contributed by atoms with Crippen LogP contribution < -0.4 is 24.3 Å². The largest absolute Gasteiger partial charge is 0.496 e. The molecule has 6 nitrogen and oxygen atoms in total. The Labute approximate surface area is 164 Å². The van der Waals surface area contributed by atoms with E-state index in [0.29, 0.717) is 28.6 Å². The van der Waals surface area contributed by atoms with Crippen molar-refractivity contribution in [2.75, 3.05) is 28.4 Å². The van der Waals surface area contributed by atoms with Gasteiger partial charge in [0.2, 0.25) is 0 Å². The number of amides is 1. The number of benzene rings is 3. The van der Waals surface area contributed by atoms with Gasteiger partial charge in [0.05, 0.1) is 34.0 Å². The average Bonchev–Trinajstić information content (AvgIpc) is 2.75. The van der Waals surface area contributed by atoms with Crippen LogP contribution in [0.5, 0.6) is 23.0 Å². The number of hydrogen-bond acceptors (Lipinski definition) is 5. The first-order valence-electron chi connectivity index (χ1n) is 8.75. The summed E-state index contributed by atoms with van der Waals surface area (Å²) in [6.45, 7) is 0.262. The van der Waals surface area contributed by atoms with E-state index in [0.717, 1.165) is 16.3 Å². The summed E-state index contributed by atoms with van der Waals surface area (Å²) in [7, 11) is 6.24. The molecule has 28 heavy (non-hydrogen) atoms. The summed E-state index contributed by atoms with van der Waals surface area (Å²) in [5.74, 6) is 2.01. The maximum Gasteiger partial charge on any atom is 0.255 e. The highest BCUT2D eigenvalue weighted by atomic mass is 16.5. The van der Waals surface area contributed by atoms with Crippen LogP contribution in [0.25, 0.3) is 10.8 Å². The van der Waals surface area contributed by atoms with Gasteiger partial charge in [-0.1, -0.05) is 24.3 Å². The van der Waals surface area contributed by atoms with E-state index in [4.69, 9.17) is 18.9 Å². The van der Waals surface area contributed by atoms with E-state index < -0.39 is 0 Å². The summed E-state index contributed by atoms with van der Waals surface area (Å²) >= 11 is 0. The van der Waals surface area contributed by atoms with Crippen LogP contribution in [-0.4, -0.2) is 34.3 Å². The first-order valence-corrected chi connectivity index (χ1v) is 8.75. The third-order valence-electron chi connectivity index (χ3n) is 4.54. The molecule has 0 aliphatic carbocycles. The van der Waals surface area contributed by atoms with Crippen LogP contribution in [-0.2, 0) is 6.54 Å². The highest BCUT2D eigenvalue weighted by Crippen LogP contribution is 2.34. The summed E-state index contributed by atoms with van der Waals surface area (Å²) in [6, 6.07) is 15.0. The number of rotatable bonds is 7. The summed E-state index contributed by atoms with van der Waals surface area (Å²) in [5.41, 5.74) is 1.24. The molecule has 0 fully saturated rings. The molecule has 146 valence electrons. The van der Waals surface area contributed by atoms with E-state index in [9.17, 15) is 4.79 Å². The monoisotopic (exact) mass is 381 g/mol. The Bertz CT molecular complexity index is 1000. The predicted octanol–water partition coefficient (Wildman–Crippen LogP) is 3.80. The van der Waals surface area contributed by atoms with Gasteiger partial charge in [0.1, 0.15) is 11.5 Å². The van der Waals surface area contributed by atoms with Gasteiger partial charge in [0.25, 0.3) is 5.91 Å². The SMILES string of the molecule is COc1cc(OC)c(OC)cc1CNC(=O)c1cc2ccccc2cc1OC. The number of fused-ring (bicyclic) bond motifs is 1. The zero-order chi connectivity index (χ0) is 20.1. The van der Waals surface area contributed by atoms with E-state index in [1.807, 2.05) is 36.4 Å². The molecule has 0 radical (unpaired) electrons. The molecular weight excluding hydrogens is 358 g/mol. The van der Waals surface area contributed by atoms with E-state index in [1.54, 1.807) is 40.6 Å². The molecule has 0 aliphatic heterocycles. The van der Waals surface area contributed by atoms with E-state index in [1.165, 1.54) is 0 Å². The maximum absolute atomic E-state index is 12.8. The van der Waals surface area contributed by atoms with Crippen molar-refractivity contribution in [1.82, 2.24) is 5.32 Å². The van der Waals surface area contributed by atoms with Crippen LogP contribution >= 0.6 is 0 Å². The molecular formula is C22H23NO5. The Hall–Kier alpha value is -3.41. The van der Waals surface area contributed by atoms with Gasteiger partial charge in [-0.15, -0.1) is 0 Å². The molecule has 6 heteroatoms. The maximum atomic E-state index is 12.8. The van der Waals surface area contributed by atoms with Crippen molar-refractivity contribution in [2.24, 2.45) is 0 Å². The Balaban J connectivity index is 1.87. The Kier molecular flexibility index (Phi) is 5.89. The molecule has 0 aromatic heterocycles. The van der Waals surface area contributed by atoms with Crippen LogP contribution in [0.1, 0.15) is 15.9 Å². The zero-order valence-corrected chi connectivity index (χ0v) is 16.4. The molecule has 0 unspecified atom stereocenters. The lowest BCUT2D eigenvalue weighted by Gasteiger charge is -2.15. The van der Waals surface area contributed by atoms with Crippen molar-refractivity contribution in [3.63, 3.8) is 0 Å². The van der Waals surface area contributed by atoms with Gasteiger partial charge in [-0.3, -0.25) is 4.79 Å². The van der Waals surface area contributed by atoms with E-state index in [-0.39, 0.29) is 12.5 Å². The minimum absolute atomic E-state index is 0.237. The smallest absolute Gasteiger partial charge is 0.255 e. The van der Waals surface area contributed by atoms with Crippen LogP contribution in [0.4, 0.5) is 0 Å². The van der Waals surface area contributed by atoms with Gasteiger partial charge in [0.15, 0.2) is 11.5 Å². The van der Waals surface area contributed by atoms with E-state index >= 15 is 0 Å². The van der Waals surface area contributed by atoms with Gasteiger partial charge < -0.3 is 24.3 Å². The van der Waals surface area contributed by atoms with Crippen molar-refractivity contribution in [3.8, 4) is 23.0 Å².